The van der Waals surface area contributed by atoms with Gasteiger partial charge in [0.1, 0.15) is 28.9 Å². The fraction of sp³-hybridized carbons (Fsp3) is 0.217. The lowest BCUT2D eigenvalue weighted by Crippen LogP contribution is -2.71. The number of nitrogens with one attached hydrogen (secondary N) is 4. The van der Waals surface area contributed by atoms with Crippen LogP contribution in [0.3, 0.4) is 0 Å². The van der Waals surface area contributed by atoms with Crippen LogP contribution in [0.4, 0.5) is 0 Å². The monoisotopic (exact) mass is 661 g/mol. The van der Waals surface area contributed by atoms with Crippen molar-refractivity contribution in [1.29, 1.82) is 0 Å². The van der Waals surface area contributed by atoms with Crippen molar-refractivity contribution in [3.8, 4) is 5.75 Å². The molecule has 5 rings (SSSR count). The molecule has 0 bridgehead atoms. The lowest BCUT2D eigenvalue weighted by atomic mass is 10.0. The standard InChI is InChI=1S/C23H19N9O9S3/c24-14(34)18-29-31-23(44-18)43-6-8-5-42-20-12(19(38)32(20)13(8)21(39)40)26-15(35)10(7-1-3-9(33)4-2-7)25-16(36)11-17(37)27-22(41)30-28-11/h1-4,10,12,20,33H,5-6H2,(H2,24,34)(H,25,36)(H,26,35)(H,39,40)(H2,27,30,37,41)/t10?,12?,20-/m1/s1. The predicted molar refractivity (Wildman–Crippen MR) is 153 cm³/mol. The van der Waals surface area contributed by atoms with Gasteiger partial charge in [0.05, 0.1) is 0 Å². The Morgan fingerprint density at radius 3 is 2.52 bits per heavy atom. The van der Waals surface area contributed by atoms with Crippen molar-refractivity contribution in [3.05, 3.63) is 72.6 Å². The Morgan fingerprint density at radius 1 is 1.16 bits per heavy atom. The van der Waals surface area contributed by atoms with Gasteiger partial charge < -0.3 is 26.6 Å². The average Bonchev–Trinajstić information content (AvgIpc) is 3.47. The number of nitrogens with two attached hydrogens (primary N) is 1. The smallest absolute Gasteiger partial charge is 0.352 e. The molecule has 1 saturated heterocycles. The first kappa shape index (κ1) is 30.4. The Kier molecular flexibility index (Phi) is 8.51. The molecule has 0 spiro atoms. The molecule has 2 aromatic heterocycles. The minimum absolute atomic E-state index is 0.00177. The summed E-state index contributed by atoms with van der Waals surface area (Å²) in [7, 11) is 0. The van der Waals surface area contributed by atoms with Crippen molar-refractivity contribution in [1.82, 2.24) is 40.9 Å². The highest BCUT2D eigenvalue weighted by Crippen LogP contribution is 2.42. The van der Waals surface area contributed by atoms with Gasteiger partial charge in [-0.25, -0.2) is 14.7 Å². The molecule has 21 heteroatoms. The summed E-state index contributed by atoms with van der Waals surface area (Å²) >= 11 is 3.27. The first-order valence-corrected chi connectivity index (χ1v) is 15.0. The number of phenolic OH excluding ortho intramolecular Hbond substituents is 1. The van der Waals surface area contributed by atoms with E-state index in [1.165, 1.54) is 36.0 Å². The van der Waals surface area contributed by atoms with Gasteiger partial charge in [-0.1, -0.05) is 35.2 Å². The number of carboxylic acid groups (broad SMARTS) is 1. The average molecular weight is 662 g/mol. The second-order valence-corrected chi connectivity index (χ2v) is 12.3. The second kappa shape index (κ2) is 12.3. The van der Waals surface area contributed by atoms with Gasteiger partial charge in [0, 0.05) is 11.5 Å². The third-order valence-electron chi connectivity index (χ3n) is 6.23. The third kappa shape index (κ3) is 6.05. The Balaban J connectivity index is 1.33. The number of primary amides is 1. The van der Waals surface area contributed by atoms with Crippen LogP contribution in [-0.2, 0) is 14.4 Å². The molecule has 44 heavy (non-hydrogen) atoms. The molecule has 2 aliphatic heterocycles. The Morgan fingerprint density at radius 2 is 1.89 bits per heavy atom. The number of carboxylic acids is 1. The number of aliphatic carboxylic acids is 1. The van der Waals surface area contributed by atoms with E-state index in [-0.39, 0.29) is 33.5 Å². The molecule has 0 radical (unpaired) electrons. The number of aromatic hydroxyl groups is 1. The number of benzene rings is 1. The summed E-state index contributed by atoms with van der Waals surface area (Å²) in [5.74, 6) is -4.64. The Labute approximate surface area is 256 Å². The highest BCUT2D eigenvalue weighted by Gasteiger charge is 2.54. The molecule has 4 amide bonds. The summed E-state index contributed by atoms with van der Waals surface area (Å²) in [5.41, 5.74) is 2.71. The zero-order valence-corrected chi connectivity index (χ0v) is 24.2. The number of amides is 4. The second-order valence-electron chi connectivity index (χ2n) is 9.03. The molecule has 2 aliphatic rings. The SMILES string of the molecule is NC(=O)c1nnc(SCC2=C(C(=O)O)N3C(=O)C(NC(=O)C(NC(=O)c4n[nH]c(=O)[nH]c4=O)c4ccc(O)cc4)[C@H]3SC2)s1. The quantitative estimate of drug-likeness (QED) is 0.0925. The zero-order valence-electron chi connectivity index (χ0n) is 21.8. The summed E-state index contributed by atoms with van der Waals surface area (Å²) in [6.07, 6.45) is 0. The number of hydrogen-bond donors (Lipinski definition) is 7. The van der Waals surface area contributed by atoms with E-state index in [2.05, 4.69) is 25.9 Å². The van der Waals surface area contributed by atoms with Crippen molar-refractivity contribution in [2.24, 2.45) is 5.73 Å². The van der Waals surface area contributed by atoms with Crippen LogP contribution in [0.2, 0.25) is 0 Å². The molecule has 2 unspecified atom stereocenters. The van der Waals surface area contributed by atoms with Crippen molar-refractivity contribution in [2.75, 3.05) is 11.5 Å². The van der Waals surface area contributed by atoms with Crippen LogP contribution in [0, 0.1) is 0 Å². The van der Waals surface area contributed by atoms with Crippen molar-refractivity contribution in [3.63, 3.8) is 0 Å². The molecule has 0 saturated carbocycles. The van der Waals surface area contributed by atoms with Gasteiger partial charge in [-0.05, 0) is 23.3 Å². The van der Waals surface area contributed by atoms with E-state index in [9.17, 15) is 43.8 Å². The number of hydrogen-bond acceptors (Lipinski definition) is 14. The van der Waals surface area contributed by atoms with Crippen LogP contribution in [0.5, 0.6) is 5.75 Å². The Bertz CT molecular complexity index is 1840. The van der Waals surface area contributed by atoms with E-state index in [4.69, 9.17) is 5.73 Å². The van der Waals surface area contributed by atoms with E-state index in [1.54, 1.807) is 0 Å². The molecule has 3 aromatic rings. The third-order valence-corrected chi connectivity index (χ3v) is 9.72. The van der Waals surface area contributed by atoms with Crippen LogP contribution >= 0.6 is 34.9 Å². The number of phenols is 1. The molecule has 3 atom stereocenters. The van der Waals surface area contributed by atoms with Crippen molar-refractivity contribution >= 4 is 64.5 Å². The number of nitrogens with zero attached hydrogens (tertiary/aromatic N) is 4. The lowest BCUT2D eigenvalue weighted by Gasteiger charge is -2.49. The van der Waals surface area contributed by atoms with Gasteiger partial charge in [0.2, 0.25) is 16.6 Å². The molecule has 8 N–H and O–H groups in total. The number of H-pyrrole nitrogens is 2. The van der Waals surface area contributed by atoms with Crippen LogP contribution in [0.15, 0.2) is 49.5 Å². The summed E-state index contributed by atoms with van der Waals surface area (Å²) in [6.45, 7) is 0. The normalized spacial score (nSPS) is 18.2. The van der Waals surface area contributed by atoms with Crippen molar-refractivity contribution in [2.45, 2.75) is 21.8 Å². The van der Waals surface area contributed by atoms with Gasteiger partial charge in [-0.15, -0.1) is 22.0 Å². The zero-order chi connectivity index (χ0) is 31.7. The van der Waals surface area contributed by atoms with Gasteiger partial charge in [0.15, 0.2) is 4.34 Å². The topological polar surface area (TPSA) is 284 Å². The fourth-order valence-electron chi connectivity index (χ4n) is 4.22. The number of thioether (sulfide) groups is 2. The first-order valence-electron chi connectivity index (χ1n) is 12.2. The molecule has 1 aromatic carbocycles. The maximum absolute atomic E-state index is 13.4. The van der Waals surface area contributed by atoms with E-state index in [0.29, 0.717) is 9.91 Å². The summed E-state index contributed by atoms with van der Waals surface area (Å²) in [6, 6.07) is 2.50. The molecular weight excluding hydrogens is 643 g/mol. The molecule has 228 valence electrons. The molecule has 18 nitrogen and oxygen atoms in total. The largest absolute Gasteiger partial charge is 0.508 e. The van der Waals surface area contributed by atoms with Gasteiger partial charge in [-0.3, -0.25) is 33.9 Å². The van der Waals surface area contributed by atoms with Crippen LogP contribution in [0.1, 0.15) is 31.9 Å². The van der Waals surface area contributed by atoms with E-state index in [1.807, 2.05) is 10.1 Å². The highest BCUT2D eigenvalue weighted by molar-refractivity contribution is 8.01. The number of fused-ring (bicyclic) bond motifs is 1. The fourth-order valence-corrected chi connectivity index (χ4v) is 7.40. The number of β-lactam (4-membered cyclic amide) rings is 1. The van der Waals surface area contributed by atoms with E-state index < -0.39 is 64.0 Å². The van der Waals surface area contributed by atoms with E-state index >= 15 is 0 Å². The summed E-state index contributed by atoms with van der Waals surface area (Å²) in [5, 5.41) is 36.5. The van der Waals surface area contributed by atoms with E-state index in [0.717, 1.165) is 28.0 Å². The van der Waals surface area contributed by atoms with Crippen LogP contribution in [-0.4, -0.2) is 93.0 Å². The summed E-state index contributed by atoms with van der Waals surface area (Å²) < 4.78 is 0.379. The number of carbonyl (C=O) groups is 5. The maximum Gasteiger partial charge on any atom is 0.352 e. The molecule has 4 heterocycles. The van der Waals surface area contributed by atoms with Crippen molar-refractivity contribution < 1.29 is 34.2 Å². The van der Waals surface area contributed by atoms with Crippen LogP contribution in [0.25, 0.3) is 0 Å². The predicted octanol–water partition coefficient (Wildman–Crippen LogP) is -1.88. The highest BCUT2D eigenvalue weighted by atomic mass is 32.2. The van der Waals surface area contributed by atoms with Gasteiger partial charge >= 0.3 is 11.7 Å². The number of rotatable bonds is 10. The molecule has 1 fully saturated rings. The number of carbonyl (C=O) groups excluding carboxylic acids is 4. The number of aromatic nitrogens is 5. The molecule has 0 aliphatic carbocycles. The first-order chi connectivity index (χ1) is 20.9. The van der Waals surface area contributed by atoms with Gasteiger partial charge in [0.25, 0.3) is 23.3 Å². The molecular formula is C23H19N9O9S3. The maximum atomic E-state index is 13.4. The summed E-state index contributed by atoms with van der Waals surface area (Å²) in [4.78, 5) is 89.1. The van der Waals surface area contributed by atoms with Crippen LogP contribution < -0.4 is 27.6 Å². The number of aromatic amines is 2. The minimum atomic E-state index is -1.50. The Hall–Kier alpha value is -5.02. The minimum Gasteiger partial charge on any atom is -0.508 e. The lowest BCUT2D eigenvalue weighted by molar-refractivity contribution is -0.151. The van der Waals surface area contributed by atoms with Gasteiger partial charge in [-0.2, -0.15) is 5.10 Å².